The van der Waals surface area contributed by atoms with Gasteiger partial charge in [0.2, 0.25) is 0 Å². The molecule has 4 heteroatoms. The largest absolute Gasteiger partial charge is 0.480 e. The molecule has 6 heavy (non-hydrogen) atoms. The fourth-order valence-electron chi connectivity index (χ4n) is 0.0572. The molecule has 36 valence electrons. The summed E-state index contributed by atoms with van der Waals surface area (Å²) >= 11 is 0. The van der Waals surface area contributed by atoms with E-state index in [4.69, 9.17) is 5.11 Å². The molecule has 0 fully saturated rings. The summed E-state index contributed by atoms with van der Waals surface area (Å²) in [7, 11) is 0. The summed E-state index contributed by atoms with van der Waals surface area (Å²) in [6.45, 7) is -0.625. The molecular weight excluding hydrogens is 89.0 g/mol. The molecule has 2 N–H and O–H groups in total. The fourth-order valence-corrected chi connectivity index (χ4v) is 0.0572. The zero-order valence-corrected chi connectivity index (χ0v) is 2.94. The summed E-state index contributed by atoms with van der Waals surface area (Å²) in [6.07, 6.45) is 0. The first-order valence-electron chi connectivity index (χ1n) is 1.32. The molecule has 0 heterocycles. The highest BCUT2D eigenvalue weighted by Gasteiger charge is 1.88. The SMILES string of the molecule is O=C(O)CNF. The van der Waals surface area contributed by atoms with Gasteiger partial charge in [0, 0.05) is 0 Å². The summed E-state index contributed by atoms with van der Waals surface area (Å²) < 4.78 is 10.6. The lowest BCUT2D eigenvalue weighted by Gasteiger charge is -1.80. The topological polar surface area (TPSA) is 49.3 Å². The molecule has 0 spiro atoms. The van der Waals surface area contributed by atoms with E-state index in [-0.39, 0.29) is 0 Å². The summed E-state index contributed by atoms with van der Waals surface area (Å²) in [6, 6.07) is 0. The predicted octanol–water partition coefficient (Wildman–Crippen LogP) is -0.455. The van der Waals surface area contributed by atoms with Crippen LogP contribution in [0.15, 0.2) is 0 Å². The van der Waals surface area contributed by atoms with Gasteiger partial charge in [-0.05, 0) is 0 Å². The van der Waals surface area contributed by atoms with Crippen molar-refractivity contribution in [3.63, 3.8) is 0 Å². The molecule has 0 saturated carbocycles. The Morgan fingerprint density at radius 3 is 2.50 bits per heavy atom. The van der Waals surface area contributed by atoms with Gasteiger partial charge in [0.05, 0.1) is 0 Å². The van der Waals surface area contributed by atoms with Crippen molar-refractivity contribution in [3.05, 3.63) is 0 Å². The summed E-state index contributed by atoms with van der Waals surface area (Å²) in [5, 5.41) is 7.61. The van der Waals surface area contributed by atoms with Crippen LogP contribution in [-0.2, 0) is 4.79 Å². The summed E-state index contributed by atoms with van der Waals surface area (Å²) in [5.74, 6) is -1.20. The van der Waals surface area contributed by atoms with E-state index in [1.54, 1.807) is 0 Å². The van der Waals surface area contributed by atoms with Crippen molar-refractivity contribution in [1.29, 1.82) is 0 Å². The predicted molar refractivity (Wildman–Crippen MR) is 16.7 cm³/mol. The monoisotopic (exact) mass is 93.0 g/mol. The van der Waals surface area contributed by atoms with Gasteiger partial charge in [0.15, 0.2) is 0 Å². The molecule has 0 aliphatic heterocycles. The van der Waals surface area contributed by atoms with Crippen molar-refractivity contribution >= 4 is 5.97 Å². The Morgan fingerprint density at radius 1 is 2.00 bits per heavy atom. The Bertz CT molecular complexity index is 55.5. The van der Waals surface area contributed by atoms with Crippen LogP contribution in [0.25, 0.3) is 0 Å². The fraction of sp³-hybridized carbons (Fsp3) is 0.500. The second kappa shape index (κ2) is 2.59. The lowest BCUT2D eigenvalue weighted by Crippen LogP contribution is -2.13. The molecule has 0 unspecified atom stereocenters. The van der Waals surface area contributed by atoms with Crippen molar-refractivity contribution in [2.75, 3.05) is 6.54 Å². The minimum absolute atomic E-state index is 0.625. The molecule has 0 radical (unpaired) electrons. The minimum atomic E-state index is -1.20. The zero-order valence-electron chi connectivity index (χ0n) is 2.94. The third-order valence-electron chi connectivity index (χ3n) is 0.218. The van der Waals surface area contributed by atoms with E-state index in [0.29, 0.717) is 0 Å². The molecular formula is C2H4FNO2. The van der Waals surface area contributed by atoms with E-state index in [2.05, 4.69) is 0 Å². The molecule has 0 aliphatic rings. The van der Waals surface area contributed by atoms with Gasteiger partial charge in [0.25, 0.3) is 0 Å². The molecule has 0 atom stereocenters. The van der Waals surface area contributed by atoms with Gasteiger partial charge in [-0.15, -0.1) is 10.0 Å². The van der Waals surface area contributed by atoms with E-state index in [1.807, 2.05) is 0 Å². The van der Waals surface area contributed by atoms with Crippen LogP contribution in [0.2, 0.25) is 0 Å². The van der Waals surface area contributed by atoms with Crippen molar-refractivity contribution in [2.45, 2.75) is 0 Å². The van der Waals surface area contributed by atoms with Crippen LogP contribution in [0.3, 0.4) is 0 Å². The minimum Gasteiger partial charge on any atom is -0.480 e. The van der Waals surface area contributed by atoms with Gasteiger partial charge in [-0.1, -0.05) is 0 Å². The van der Waals surface area contributed by atoms with Crippen LogP contribution >= 0.6 is 0 Å². The molecule has 0 amide bonds. The average Bonchev–Trinajstić information content (AvgIpc) is 1.35. The number of hydrogen-bond donors (Lipinski definition) is 2. The average molecular weight is 93.1 g/mol. The van der Waals surface area contributed by atoms with Crippen LogP contribution < -0.4 is 5.54 Å². The van der Waals surface area contributed by atoms with E-state index >= 15 is 0 Å². The number of carbonyl (C=O) groups is 1. The number of carboxylic acid groups (broad SMARTS) is 1. The Labute approximate surface area is 33.7 Å². The third kappa shape index (κ3) is 3.36. The quantitative estimate of drug-likeness (QED) is 0.454. The van der Waals surface area contributed by atoms with Gasteiger partial charge in [-0.3, -0.25) is 4.79 Å². The summed E-state index contributed by atoms with van der Waals surface area (Å²) in [5.41, 5.74) is 0.968. The maximum atomic E-state index is 10.6. The van der Waals surface area contributed by atoms with Crippen molar-refractivity contribution in [3.8, 4) is 0 Å². The lowest BCUT2D eigenvalue weighted by atomic mass is 10.7. The van der Waals surface area contributed by atoms with E-state index in [9.17, 15) is 9.28 Å². The normalized spacial score (nSPS) is 8.17. The highest BCUT2D eigenvalue weighted by molar-refractivity contribution is 5.68. The number of carboxylic acids is 1. The van der Waals surface area contributed by atoms with Crippen LogP contribution in [0.1, 0.15) is 0 Å². The Kier molecular flexibility index (Phi) is 2.31. The van der Waals surface area contributed by atoms with Crippen molar-refractivity contribution < 1.29 is 14.4 Å². The smallest absolute Gasteiger partial charge is 0.320 e. The molecule has 0 aromatic carbocycles. The Hall–Kier alpha value is -0.640. The molecule has 0 rings (SSSR count). The highest BCUT2D eigenvalue weighted by Crippen LogP contribution is 1.55. The maximum Gasteiger partial charge on any atom is 0.320 e. The van der Waals surface area contributed by atoms with Crippen LogP contribution in [-0.4, -0.2) is 17.6 Å². The third-order valence-corrected chi connectivity index (χ3v) is 0.218. The zero-order chi connectivity index (χ0) is 4.99. The highest BCUT2D eigenvalue weighted by atomic mass is 19.2. The first-order chi connectivity index (χ1) is 2.77. The van der Waals surface area contributed by atoms with Gasteiger partial charge >= 0.3 is 5.97 Å². The Balaban J connectivity index is 2.83. The second-order valence-electron chi connectivity index (χ2n) is 0.704. The summed E-state index contributed by atoms with van der Waals surface area (Å²) in [4.78, 5) is 9.30. The van der Waals surface area contributed by atoms with Gasteiger partial charge in [-0.2, -0.15) is 0 Å². The first-order valence-corrected chi connectivity index (χ1v) is 1.32. The van der Waals surface area contributed by atoms with E-state index < -0.39 is 12.5 Å². The molecule has 0 saturated heterocycles. The van der Waals surface area contributed by atoms with E-state index in [1.165, 1.54) is 0 Å². The van der Waals surface area contributed by atoms with Crippen LogP contribution in [0.4, 0.5) is 4.48 Å². The molecule has 0 aliphatic carbocycles. The first kappa shape index (κ1) is 5.36. The number of rotatable bonds is 2. The van der Waals surface area contributed by atoms with Crippen LogP contribution in [0, 0.1) is 0 Å². The number of halogens is 1. The number of aliphatic carboxylic acids is 1. The van der Waals surface area contributed by atoms with Gasteiger partial charge in [0.1, 0.15) is 6.54 Å². The van der Waals surface area contributed by atoms with Gasteiger partial charge < -0.3 is 5.11 Å². The number of hydrogen-bond acceptors (Lipinski definition) is 2. The molecule has 0 aromatic rings. The Morgan fingerprint density at radius 2 is 2.50 bits per heavy atom. The molecule has 0 bridgehead atoms. The van der Waals surface area contributed by atoms with E-state index in [0.717, 1.165) is 5.54 Å². The molecule has 3 nitrogen and oxygen atoms in total. The van der Waals surface area contributed by atoms with Gasteiger partial charge in [-0.25, -0.2) is 0 Å². The lowest BCUT2D eigenvalue weighted by molar-refractivity contribution is -0.136. The van der Waals surface area contributed by atoms with Crippen LogP contribution in [0.5, 0.6) is 0 Å². The molecule has 0 aromatic heterocycles. The standard InChI is InChI=1S/C2H4FNO2/c3-4-1-2(5)6/h4H,1H2,(H,5,6). The maximum absolute atomic E-state index is 10.6. The van der Waals surface area contributed by atoms with Crippen molar-refractivity contribution in [2.24, 2.45) is 0 Å². The number of nitrogens with one attached hydrogen (secondary N) is 1. The van der Waals surface area contributed by atoms with Crippen molar-refractivity contribution in [1.82, 2.24) is 5.54 Å². The second-order valence-corrected chi connectivity index (χ2v) is 0.704.